The van der Waals surface area contributed by atoms with Gasteiger partial charge in [-0.2, -0.15) is 0 Å². The van der Waals surface area contributed by atoms with Gasteiger partial charge in [0.1, 0.15) is 18.2 Å². The molecule has 3 aromatic carbocycles. The quantitative estimate of drug-likeness (QED) is 0.482. The van der Waals surface area contributed by atoms with Crippen LogP contribution in [0.5, 0.6) is 5.75 Å². The van der Waals surface area contributed by atoms with Gasteiger partial charge >= 0.3 is 0 Å². The van der Waals surface area contributed by atoms with Gasteiger partial charge in [-0.25, -0.2) is 4.39 Å². The molecule has 0 saturated heterocycles. The first-order valence-electron chi connectivity index (χ1n) is 7.07. The smallest absolute Gasteiger partial charge is 0.135 e. The van der Waals surface area contributed by atoms with Crippen LogP contribution in [0.15, 0.2) is 54.6 Å². The minimum atomic E-state index is -0.523. The first-order valence-corrected chi connectivity index (χ1v) is 8.20. The van der Waals surface area contributed by atoms with Crippen LogP contribution in [0.1, 0.15) is 5.56 Å². The lowest BCUT2D eigenvalue weighted by Gasteiger charge is -2.10. The highest BCUT2D eigenvalue weighted by atomic mass is 35.5. The third-order valence-electron chi connectivity index (χ3n) is 3.35. The minimum Gasteiger partial charge on any atom is -0.489 e. The van der Waals surface area contributed by atoms with E-state index >= 15 is 0 Å². The number of benzene rings is 3. The van der Waals surface area contributed by atoms with E-state index < -0.39 is 5.82 Å². The van der Waals surface area contributed by atoms with Crippen molar-refractivity contribution in [2.45, 2.75) is 6.61 Å². The second-order valence-corrected chi connectivity index (χ2v) is 6.40. The monoisotopic (exact) mass is 379 g/mol. The minimum absolute atomic E-state index is 0.300. The van der Waals surface area contributed by atoms with E-state index in [2.05, 4.69) is 6.07 Å². The zero-order chi connectivity index (χ0) is 17.1. The largest absolute Gasteiger partial charge is 0.489 e. The van der Waals surface area contributed by atoms with Crippen molar-refractivity contribution in [2.24, 2.45) is 0 Å². The third-order valence-corrected chi connectivity index (χ3v) is 4.15. The highest BCUT2D eigenvalue weighted by Crippen LogP contribution is 2.32. The molecule has 0 aromatic heterocycles. The van der Waals surface area contributed by atoms with Crippen LogP contribution in [0.2, 0.25) is 15.1 Å². The molecule has 0 aliphatic carbocycles. The van der Waals surface area contributed by atoms with Gasteiger partial charge in [0, 0.05) is 32.8 Å². The van der Waals surface area contributed by atoms with E-state index in [1.807, 2.05) is 12.1 Å². The Morgan fingerprint density at radius 3 is 2.29 bits per heavy atom. The van der Waals surface area contributed by atoms with Gasteiger partial charge < -0.3 is 4.74 Å². The molecule has 3 aromatic rings. The van der Waals surface area contributed by atoms with Gasteiger partial charge in [-0.05, 0) is 41.5 Å². The zero-order valence-corrected chi connectivity index (χ0v) is 14.6. The molecule has 0 aliphatic rings. The number of rotatable bonds is 4. The predicted molar refractivity (Wildman–Crippen MR) is 96.5 cm³/mol. The highest BCUT2D eigenvalue weighted by molar-refractivity contribution is 6.36. The Morgan fingerprint density at radius 2 is 1.58 bits per heavy atom. The maximum absolute atomic E-state index is 13.9. The van der Waals surface area contributed by atoms with E-state index in [4.69, 9.17) is 39.5 Å². The van der Waals surface area contributed by atoms with Crippen LogP contribution in [0, 0.1) is 11.9 Å². The van der Waals surface area contributed by atoms with Crippen LogP contribution >= 0.6 is 34.8 Å². The summed E-state index contributed by atoms with van der Waals surface area (Å²) in [5, 5.41) is 1.59. The Balaban J connectivity index is 1.84. The summed E-state index contributed by atoms with van der Waals surface area (Å²) in [7, 11) is 0. The van der Waals surface area contributed by atoms with E-state index in [0.717, 1.165) is 5.56 Å². The van der Waals surface area contributed by atoms with Gasteiger partial charge in [0.05, 0.1) is 0 Å². The normalized spacial score (nSPS) is 10.7. The molecule has 0 spiro atoms. The summed E-state index contributed by atoms with van der Waals surface area (Å²) in [6, 6.07) is 17.9. The second-order valence-electron chi connectivity index (χ2n) is 5.12. The summed E-state index contributed by atoms with van der Waals surface area (Å²) in [4.78, 5) is 0. The van der Waals surface area contributed by atoms with Crippen molar-refractivity contribution in [3.63, 3.8) is 0 Å². The third kappa shape index (κ3) is 4.21. The average Bonchev–Trinajstić information content (AvgIpc) is 2.54. The Labute approximate surface area is 154 Å². The van der Waals surface area contributed by atoms with Crippen LogP contribution < -0.4 is 4.74 Å². The fraction of sp³-hybridized carbons (Fsp3) is 0.0526. The van der Waals surface area contributed by atoms with E-state index in [9.17, 15) is 4.39 Å². The standard InChI is InChI=1S/C19H11Cl3FO/c20-14-3-1-12(2-4-14)11-24-17-8-13(7-16(23)10-17)18-6-5-15(21)9-19(18)22/h1-6,8-10H,11H2. The van der Waals surface area contributed by atoms with Gasteiger partial charge in [0.25, 0.3) is 0 Å². The number of halogens is 4. The van der Waals surface area contributed by atoms with Crippen molar-refractivity contribution in [1.29, 1.82) is 0 Å². The van der Waals surface area contributed by atoms with E-state index in [1.165, 1.54) is 6.07 Å². The summed E-state index contributed by atoms with van der Waals surface area (Å²) in [5.74, 6) is -0.133. The first-order chi connectivity index (χ1) is 11.5. The van der Waals surface area contributed by atoms with Gasteiger partial charge in [-0.1, -0.05) is 53.0 Å². The van der Waals surface area contributed by atoms with Crippen LogP contribution in [-0.2, 0) is 6.61 Å². The van der Waals surface area contributed by atoms with Crippen molar-refractivity contribution in [2.75, 3.05) is 0 Å². The lowest BCUT2D eigenvalue weighted by molar-refractivity contribution is 0.304. The van der Waals surface area contributed by atoms with Gasteiger partial charge in [-0.3, -0.25) is 0 Å². The Bertz CT molecular complexity index is 863. The van der Waals surface area contributed by atoms with Crippen molar-refractivity contribution < 1.29 is 9.13 Å². The fourth-order valence-electron chi connectivity index (χ4n) is 2.19. The summed E-state index contributed by atoms with van der Waals surface area (Å²) in [6.07, 6.45) is 0. The van der Waals surface area contributed by atoms with Crippen molar-refractivity contribution >= 4 is 34.8 Å². The fourth-order valence-corrected chi connectivity index (χ4v) is 2.83. The molecule has 121 valence electrons. The van der Waals surface area contributed by atoms with E-state index in [-0.39, 0.29) is 0 Å². The van der Waals surface area contributed by atoms with Gasteiger partial charge in [-0.15, -0.1) is 0 Å². The SMILES string of the molecule is Fc1[c]c(-c2ccc(Cl)cc2Cl)cc(OCc2ccc(Cl)cc2)c1. The molecule has 3 rings (SSSR count). The average molecular weight is 381 g/mol. The van der Waals surface area contributed by atoms with Crippen molar-refractivity contribution in [3.05, 3.63) is 87.1 Å². The van der Waals surface area contributed by atoms with Gasteiger partial charge in [0.15, 0.2) is 0 Å². The molecule has 0 unspecified atom stereocenters. The summed E-state index contributed by atoms with van der Waals surface area (Å²) >= 11 is 17.9. The lowest BCUT2D eigenvalue weighted by atomic mass is 10.1. The van der Waals surface area contributed by atoms with E-state index in [1.54, 1.807) is 36.4 Å². The van der Waals surface area contributed by atoms with Crippen LogP contribution in [-0.4, -0.2) is 0 Å². The number of hydrogen-bond donors (Lipinski definition) is 0. The molecule has 1 radical (unpaired) electrons. The molecule has 0 bridgehead atoms. The molecule has 0 saturated carbocycles. The summed E-state index contributed by atoms with van der Waals surface area (Å²) in [5.41, 5.74) is 2.07. The van der Waals surface area contributed by atoms with Crippen LogP contribution in [0.4, 0.5) is 4.39 Å². The number of ether oxygens (including phenoxy) is 1. The molecule has 0 aliphatic heterocycles. The molecule has 0 N–H and O–H groups in total. The second kappa shape index (κ2) is 7.43. The molecule has 5 heteroatoms. The molecular weight excluding hydrogens is 370 g/mol. The Hall–Kier alpha value is -1.74. The van der Waals surface area contributed by atoms with Crippen molar-refractivity contribution in [3.8, 4) is 16.9 Å². The van der Waals surface area contributed by atoms with Crippen LogP contribution in [0.25, 0.3) is 11.1 Å². The van der Waals surface area contributed by atoms with E-state index in [0.29, 0.717) is 38.6 Å². The molecule has 0 heterocycles. The molecule has 1 nitrogen and oxygen atoms in total. The lowest BCUT2D eigenvalue weighted by Crippen LogP contribution is -1.96. The Kier molecular flexibility index (Phi) is 5.30. The first kappa shape index (κ1) is 17.1. The summed E-state index contributed by atoms with van der Waals surface area (Å²) < 4.78 is 19.5. The maximum atomic E-state index is 13.9. The topological polar surface area (TPSA) is 9.23 Å². The molecule has 0 atom stereocenters. The zero-order valence-electron chi connectivity index (χ0n) is 12.3. The summed E-state index contributed by atoms with van der Waals surface area (Å²) in [6.45, 7) is 0.300. The maximum Gasteiger partial charge on any atom is 0.135 e. The molecular formula is C19H11Cl3FO. The number of hydrogen-bond acceptors (Lipinski definition) is 1. The molecule has 0 fully saturated rings. The molecule has 0 amide bonds. The highest BCUT2D eigenvalue weighted by Gasteiger charge is 2.09. The predicted octanol–water partition coefficient (Wildman–Crippen LogP) is 6.83. The van der Waals surface area contributed by atoms with Crippen LogP contribution in [0.3, 0.4) is 0 Å². The Morgan fingerprint density at radius 1 is 0.875 bits per heavy atom. The van der Waals surface area contributed by atoms with Gasteiger partial charge in [0.2, 0.25) is 0 Å². The molecule has 24 heavy (non-hydrogen) atoms. The van der Waals surface area contributed by atoms with Crippen molar-refractivity contribution in [1.82, 2.24) is 0 Å².